The normalized spacial score (nSPS) is 15.1. The minimum Gasteiger partial charge on any atom is -0.497 e. The molecule has 0 saturated carbocycles. The molecular formula is C28H22Cl2N4O3. The SMILES string of the molecule is COc1ccc(C(=O)Nc2ccc(-c3nc4ccc(NC(=O)C5CC=C(Cl)C=C5Cl)cc4[nH]3)cc2)cc1. The van der Waals surface area contributed by atoms with Crippen LogP contribution in [0.2, 0.25) is 0 Å². The molecule has 1 aliphatic carbocycles. The van der Waals surface area contributed by atoms with E-state index in [9.17, 15) is 9.59 Å². The van der Waals surface area contributed by atoms with Gasteiger partial charge in [-0.3, -0.25) is 9.59 Å². The summed E-state index contributed by atoms with van der Waals surface area (Å²) in [6.45, 7) is 0. The molecule has 1 unspecified atom stereocenters. The first-order chi connectivity index (χ1) is 17.9. The summed E-state index contributed by atoms with van der Waals surface area (Å²) in [7, 11) is 1.58. The zero-order chi connectivity index (χ0) is 25.9. The van der Waals surface area contributed by atoms with Crippen molar-refractivity contribution in [1.82, 2.24) is 9.97 Å². The number of halogens is 2. The zero-order valence-electron chi connectivity index (χ0n) is 19.7. The highest BCUT2D eigenvalue weighted by Crippen LogP contribution is 2.30. The molecule has 0 aliphatic heterocycles. The monoisotopic (exact) mass is 532 g/mol. The van der Waals surface area contributed by atoms with Crippen LogP contribution in [0.1, 0.15) is 16.8 Å². The van der Waals surface area contributed by atoms with Crippen molar-refractivity contribution in [3.05, 3.63) is 94.5 Å². The molecule has 0 fully saturated rings. The lowest BCUT2D eigenvalue weighted by Gasteiger charge is -2.17. The van der Waals surface area contributed by atoms with Gasteiger partial charge in [0.15, 0.2) is 0 Å². The first-order valence-corrected chi connectivity index (χ1v) is 12.2. The van der Waals surface area contributed by atoms with Crippen LogP contribution in [0.3, 0.4) is 0 Å². The average molecular weight is 533 g/mol. The van der Waals surface area contributed by atoms with E-state index >= 15 is 0 Å². The van der Waals surface area contributed by atoms with Gasteiger partial charge in [0.25, 0.3) is 5.91 Å². The van der Waals surface area contributed by atoms with Gasteiger partial charge < -0.3 is 20.4 Å². The maximum absolute atomic E-state index is 12.7. The van der Waals surface area contributed by atoms with Gasteiger partial charge in [-0.15, -0.1) is 0 Å². The van der Waals surface area contributed by atoms with Gasteiger partial charge in [-0.2, -0.15) is 0 Å². The number of aromatic nitrogens is 2. The van der Waals surface area contributed by atoms with Crippen LogP contribution >= 0.6 is 23.2 Å². The smallest absolute Gasteiger partial charge is 0.255 e. The number of nitrogens with zero attached hydrogens (tertiary/aromatic N) is 1. The molecule has 0 saturated heterocycles. The number of hydrogen-bond donors (Lipinski definition) is 3. The second-order valence-corrected chi connectivity index (χ2v) is 9.35. The molecule has 0 radical (unpaired) electrons. The highest BCUT2D eigenvalue weighted by Gasteiger charge is 2.24. The Morgan fingerprint density at radius 3 is 2.41 bits per heavy atom. The number of benzene rings is 3. The standard InChI is InChI=1S/C28H22Cl2N4O3/c1-37-21-10-4-17(5-11-21)27(35)31-19-7-2-16(3-8-19)26-33-24-13-9-20(15-25(24)34-26)32-28(36)22-12-6-18(29)14-23(22)30/h2-11,13-15,22H,12H2,1H3,(H,31,35)(H,32,36)(H,33,34). The molecular weight excluding hydrogens is 511 g/mol. The Bertz CT molecular complexity index is 1540. The molecule has 0 spiro atoms. The van der Waals surface area contributed by atoms with E-state index < -0.39 is 5.92 Å². The van der Waals surface area contributed by atoms with Gasteiger partial charge in [-0.05, 0) is 79.2 Å². The van der Waals surface area contributed by atoms with Gasteiger partial charge >= 0.3 is 0 Å². The van der Waals surface area contributed by atoms with Gasteiger partial charge in [0.2, 0.25) is 5.91 Å². The predicted octanol–water partition coefficient (Wildman–Crippen LogP) is 6.69. The Hall–Kier alpha value is -4.07. The highest BCUT2D eigenvalue weighted by molar-refractivity contribution is 6.36. The lowest BCUT2D eigenvalue weighted by Crippen LogP contribution is -2.23. The summed E-state index contributed by atoms with van der Waals surface area (Å²) in [6, 6.07) is 19.8. The van der Waals surface area contributed by atoms with Crippen molar-refractivity contribution in [3.8, 4) is 17.1 Å². The van der Waals surface area contributed by atoms with Crippen molar-refractivity contribution >= 4 is 57.4 Å². The third-order valence-electron chi connectivity index (χ3n) is 5.99. The number of carbonyl (C=O) groups is 2. The van der Waals surface area contributed by atoms with E-state index in [1.165, 1.54) is 0 Å². The van der Waals surface area contributed by atoms with Gasteiger partial charge in [0, 0.05) is 32.6 Å². The Balaban J connectivity index is 1.27. The van der Waals surface area contributed by atoms with Crippen LogP contribution < -0.4 is 15.4 Å². The minimum absolute atomic E-state index is 0.201. The summed E-state index contributed by atoms with van der Waals surface area (Å²) < 4.78 is 5.13. The molecule has 1 heterocycles. The van der Waals surface area contributed by atoms with Gasteiger partial charge in [-0.1, -0.05) is 29.3 Å². The van der Waals surface area contributed by atoms with Gasteiger partial charge in [0.05, 0.1) is 24.1 Å². The molecule has 186 valence electrons. The van der Waals surface area contributed by atoms with Gasteiger partial charge in [-0.25, -0.2) is 4.98 Å². The molecule has 7 nitrogen and oxygen atoms in total. The maximum Gasteiger partial charge on any atom is 0.255 e. The Labute approximate surface area is 223 Å². The molecule has 3 N–H and O–H groups in total. The molecule has 1 aliphatic rings. The lowest BCUT2D eigenvalue weighted by atomic mass is 9.99. The number of nitrogens with one attached hydrogen (secondary N) is 3. The summed E-state index contributed by atoms with van der Waals surface area (Å²) in [5.74, 6) is 0.478. The van der Waals surface area contributed by atoms with Crippen LogP contribution in [-0.2, 0) is 4.79 Å². The zero-order valence-corrected chi connectivity index (χ0v) is 21.2. The van der Waals surface area contributed by atoms with Crippen molar-refractivity contribution in [1.29, 1.82) is 0 Å². The molecule has 5 rings (SSSR count). The number of carbonyl (C=O) groups excluding carboxylic acids is 2. The molecule has 37 heavy (non-hydrogen) atoms. The number of imidazole rings is 1. The summed E-state index contributed by atoms with van der Waals surface area (Å²) in [5.41, 5.74) is 4.22. The number of allylic oxidation sites excluding steroid dienone is 3. The number of amides is 2. The van der Waals surface area contributed by atoms with Crippen molar-refractivity contribution < 1.29 is 14.3 Å². The fourth-order valence-corrected chi connectivity index (χ4v) is 4.55. The van der Waals surface area contributed by atoms with E-state index in [0.29, 0.717) is 45.0 Å². The van der Waals surface area contributed by atoms with E-state index in [-0.39, 0.29) is 11.8 Å². The van der Waals surface area contributed by atoms with Crippen LogP contribution in [0.5, 0.6) is 5.75 Å². The lowest BCUT2D eigenvalue weighted by molar-refractivity contribution is -0.118. The highest BCUT2D eigenvalue weighted by atomic mass is 35.5. The van der Waals surface area contributed by atoms with Crippen LogP contribution in [-0.4, -0.2) is 28.9 Å². The van der Waals surface area contributed by atoms with Crippen LogP contribution in [0.15, 0.2) is 88.9 Å². The molecule has 0 bridgehead atoms. The van der Waals surface area contributed by atoms with Crippen molar-refractivity contribution in [3.63, 3.8) is 0 Å². The summed E-state index contributed by atoms with van der Waals surface area (Å²) in [5, 5.41) is 6.75. The summed E-state index contributed by atoms with van der Waals surface area (Å²) in [6.07, 6.45) is 3.82. The third kappa shape index (κ3) is 5.53. The quantitative estimate of drug-likeness (QED) is 0.257. The van der Waals surface area contributed by atoms with Crippen molar-refractivity contribution in [2.75, 3.05) is 17.7 Å². The number of hydrogen-bond acceptors (Lipinski definition) is 4. The van der Waals surface area contributed by atoms with E-state index in [0.717, 1.165) is 16.6 Å². The van der Waals surface area contributed by atoms with Crippen LogP contribution in [0.4, 0.5) is 11.4 Å². The van der Waals surface area contributed by atoms with Crippen LogP contribution in [0.25, 0.3) is 22.4 Å². The number of rotatable bonds is 6. The van der Waals surface area contributed by atoms with E-state index in [2.05, 4.69) is 20.6 Å². The Kier molecular flexibility index (Phi) is 6.99. The molecule has 1 aromatic heterocycles. The molecule has 3 aromatic carbocycles. The van der Waals surface area contributed by atoms with E-state index in [1.807, 2.05) is 36.4 Å². The topological polar surface area (TPSA) is 96.1 Å². The molecule has 9 heteroatoms. The van der Waals surface area contributed by atoms with Crippen molar-refractivity contribution in [2.45, 2.75) is 6.42 Å². The van der Waals surface area contributed by atoms with E-state index in [4.69, 9.17) is 27.9 Å². The number of anilines is 2. The first-order valence-electron chi connectivity index (χ1n) is 11.5. The third-order valence-corrected chi connectivity index (χ3v) is 6.63. The van der Waals surface area contributed by atoms with E-state index in [1.54, 1.807) is 49.6 Å². The fraction of sp³-hybridized carbons (Fsp3) is 0.107. The van der Waals surface area contributed by atoms with Gasteiger partial charge in [0.1, 0.15) is 11.6 Å². The minimum atomic E-state index is -0.471. The Morgan fingerprint density at radius 2 is 1.70 bits per heavy atom. The number of ether oxygens (including phenoxy) is 1. The first kappa shape index (κ1) is 24.6. The average Bonchev–Trinajstić information content (AvgIpc) is 3.32. The second kappa shape index (κ2) is 10.5. The second-order valence-electron chi connectivity index (χ2n) is 8.47. The number of H-pyrrole nitrogens is 1. The molecule has 1 atom stereocenters. The predicted molar refractivity (Wildman–Crippen MR) is 147 cm³/mol. The molecule has 2 amide bonds. The molecule has 4 aromatic rings. The number of fused-ring (bicyclic) bond motifs is 1. The van der Waals surface area contributed by atoms with Crippen LogP contribution in [0, 0.1) is 5.92 Å². The fourth-order valence-electron chi connectivity index (χ4n) is 3.98. The number of aromatic amines is 1. The maximum atomic E-state index is 12.7. The summed E-state index contributed by atoms with van der Waals surface area (Å²) >= 11 is 12.2. The Morgan fingerprint density at radius 1 is 0.973 bits per heavy atom. The largest absolute Gasteiger partial charge is 0.497 e. The number of methoxy groups -OCH3 is 1. The van der Waals surface area contributed by atoms with Crippen molar-refractivity contribution in [2.24, 2.45) is 5.92 Å². The summed E-state index contributed by atoms with van der Waals surface area (Å²) in [4.78, 5) is 33.2.